The van der Waals surface area contributed by atoms with Crippen molar-refractivity contribution in [3.05, 3.63) is 59.7 Å². The quantitative estimate of drug-likeness (QED) is 0.812. The Labute approximate surface area is 139 Å². The lowest BCUT2D eigenvalue weighted by Crippen LogP contribution is -2.20. The third-order valence-corrected chi connectivity index (χ3v) is 3.54. The van der Waals surface area contributed by atoms with E-state index in [2.05, 4.69) is 10.6 Å². The number of carbonyl (C=O) groups is 1. The first-order valence-electron chi connectivity index (χ1n) is 7.64. The first kappa shape index (κ1) is 17.7. The number of benzene rings is 2. The summed E-state index contributed by atoms with van der Waals surface area (Å²) in [6, 6.07) is 10.1. The van der Waals surface area contributed by atoms with Gasteiger partial charge in [0.15, 0.2) is 0 Å². The van der Waals surface area contributed by atoms with Crippen molar-refractivity contribution in [2.24, 2.45) is 0 Å². The van der Waals surface area contributed by atoms with Crippen LogP contribution in [0.2, 0.25) is 0 Å². The van der Waals surface area contributed by atoms with E-state index >= 15 is 0 Å². The molecule has 0 aliphatic heterocycles. The van der Waals surface area contributed by atoms with E-state index in [-0.39, 0.29) is 30.5 Å². The van der Waals surface area contributed by atoms with Crippen LogP contribution in [0.1, 0.15) is 24.9 Å². The topological polar surface area (TPSA) is 50.4 Å². The fraction of sp³-hybridized carbons (Fsp3) is 0.278. The Morgan fingerprint density at radius 3 is 2.54 bits per heavy atom. The lowest BCUT2D eigenvalue weighted by Gasteiger charge is -2.17. The molecule has 2 aromatic carbocycles. The van der Waals surface area contributed by atoms with Gasteiger partial charge in [-0.3, -0.25) is 4.79 Å². The van der Waals surface area contributed by atoms with Crippen LogP contribution in [0.5, 0.6) is 5.75 Å². The van der Waals surface area contributed by atoms with E-state index in [1.54, 1.807) is 38.2 Å². The molecular weight excluding hydrogens is 314 g/mol. The standard InChI is InChI=1S/C18H20F2N2O2/c1-12(16-11-13(19)3-8-17(16)20)22-14-4-6-15(7-5-14)24-10-9-18(23)21-2/h3-8,11-12,22H,9-10H2,1-2H3,(H,21,23)/t12-/m1/s1. The second-order valence-corrected chi connectivity index (χ2v) is 5.33. The van der Waals surface area contributed by atoms with E-state index < -0.39 is 11.6 Å². The largest absolute Gasteiger partial charge is 0.493 e. The van der Waals surface area contributed by atoms with Crippen LogP contribution in [-0.4, -0.2) is 19.6 Å². The van der Waals surface area contributed by atoms with Crippen molar-refractivity contribution in [1.82, 2.24) is 5.32 Å². The zero-order valence-corrected chi connectivity index (χ0v) is 13.6. The van der Waals surface area contributed by atoms with E-state index in [0.717, 1.165) is 17.8 Å². The molecule has 0 aromatic heterocycles. The van der Waals surface area contributed by atoms with Crippen molar-refractivity contribution in [3.63, 3.8) is 0 Å². The number of ether oxygens (including phenoxy) is 1. The van der Waals surface area contributed by atoms with Gasteiger partial charge in [-0.05, 0) is 49.4 Å². The van der Waals surface area contributed by atoms with E-state index in [1.165, 1.54) is 6.07 Å². The molecule has 128 valence electrons. The van der Waals surface area contributed by atoms with Gasteiger partial charge in [-0.25, -0.2) is 8.78 Å². The predicted octanol–water partition coefficient (Wildman–Crippen LogP) is 3.65. The van der Waals surface area contributed by atoms with E-state index in [9.17, 15) is 13.6 Å². The van der Waals surface area contributed by atoms with Crippen molar-refractivity contribution < 1.29 is 18.3 Å². The maximum Gasteiger partial charge on any atom is 0.223 e. The fourth-order valence-corrected chi connectivity index (χ4v) is 2.21. The molecule has 2 N–H and O–H groups in total. The van der Waals surface area contributed by atoms with Crippen LogP contribution in [0.4, 0.5) is 14.5 Å². The highest BCUT2D eigenvalue weighted by atomic mass is 19.1. The van der Waals surface area contributed by atoms with Gasteiger partial charge in [-0.15, -0.1) is 0 Å². The maximum atomic E-state index is 13.8. The smallest absolute Gasteiger partial charge is 0.223 e. The number of hydrogen-bond donors (Lipinski definition) is 2. The zero-order valence-electron chi connectivity index (χ0n) is 13.6. The Morgan fingerprint density at radius 2 is 1.88 bits per heavy atom. The Kier molecular flexibility index (Phi) is 6.12. The molecule has 0 aliphatic rings. The average Bonchev–Trinajstić information content (AvgIpc) is 2.58. The summed E-state index contributed by atoms with van der Waals surface area (Å²) in [4.78, 5) is 11.1. The molecule has 0 spiro atoms. The van der Waals surface area contributed by atoms with Gasteiger partial charge >= 0.3 is 0 Å². The van der Waals surface area contributed by atoms with Crippen LogP contribution in [0.25, 0.3) is 0 Å². The lowest BCUT2D eigenvalue weighted by molar-refractivity contribution is -0.121. The van der Waals surface area contributed by atoms with Crippen LogP contribution < -0.4 is 15.4 Å². The summed E-state index contributed by atoms with van der Waals surface area (Å²) in [5.74, 6) is -0.376. The highest BCUT2D eigenvalue weighted by Crippen LogP contribution is 2.24. The number of amides is 1. The molecule has 6 heteroatoms. The highest BCUT2D eigenvalue weighted by molar-refractivity contribution is 5.75. The van der Waals surface area contributed by atoms with Crippen molar-refractivity contribution in [1.29, 1.82) is 0 Å². The minimum absolute atomic E-state index is 0.0840. The molecule has 1 atom stereocenters. The van der Waals surface area contributed by atoms with Crippen LogP contribution >= 0.6 is 0 Å². The molecule has 0 saturated carbocycles. The normalized spacial score (nSPS) is 11.7. The lowest BCUT2D eigenvalue weighted by atomic mass is 10.1. The van der Waals surface area contributed by atoms with Crippen LogP contribution in [-0.2, 0) is 4.79 Å². The third kappa shape index (κ3) is 4.94. The molecule has 0 radical (unpaired) electrons. The molecule has 2 aromatic rings. The Bertz CT molecular complexity index is 690. The molecule has 0 unspecified atom stereocenters. The maximum absolute atomic E-state index is 13.8. The van der Waals surface area contributed by atoms with Crippen LogP contribution in [0.3, 0.4) is 0 Å². The monoisotopic (exact) mass is 334 g/mol. The van der Waals surface area contributed by atoms with Gasteiger partial charge in [-0.2, -0.15) is 0 Å². The van der Waals surface area contributed by atoms with Gasteiger partial charge in [-0.1, -0.05) is 0 Å². The number of nitrogens with one attached hydrogen (secondary N) is 2. The Hall–Kier alpha value is -2.63. The summed E-state index contributed by atoms with van der Waals surface area (Å²) in [5, 5.41) is 5.63. The SMILES string of the molecule is CNC(=O)CCOc1ccc(N[C@H](C)c2cc(F)ccc2F)cc1. The van der Waals surface area contributed by atoms with Gasteiger partial charge in [0, 0.05) is 18.3 Å². The highest BCUT2D eigenvalue weighted by Gasteiger charge is 2.12. The predicted molar refractivity (Wildman–Crippen MR) is 89.0 cm³/mol. The van der Waals surface area contributed by atoms with Gasteiger partial charge in [0.1, 0.15) is 17.4 Å². The summed E-state index contributed by atoms with van der Waals surface area (Å²) in [6.45, 7) is 2.04. The van der Waals surface area contributed by atoms with E-state index in [0.29, 0.717) is 5.75 Å². The third-order valence-electron chi connectivity index (χ3n) is 3.54. The minimum Gasteiger partial charge on any atom is -0.493 e. The zero-order chi connectivity index (χ0) is 17.5. The second-order valence-electron chi connectivity index (χ2n) is 5.33. The Morgan fingerprint density at radius 1 is 1.17 bits per heavy atom. The van der Waals surface area contributed by atoms with Crippen molar-refractivity contribution in [2.75, 3.05) is 19.0 Å². The number of rotatable bonds is 7. The molecule has 0 heterocycles. The van der Waals surface area contributed by atoms with Crippen molar-refractivity contribution in [2.45, 2.75) is 19.4 Å². The summed E-state index contributed by atoms with van der Waals surface area (Å²) in [5.41, 5.74) is 1.02. The molecule has 2 rings (SSSR count). The molecule has 0 fully saturated rings. The first-order valence-corrected chi connectivity index (χ1v) is 7.64. The molecule has 24 heavy (non-hydrogen) atoms. The summed E-state index contributed by atoms with van der Waals surface area (Å²) >= 11 is 0. The first-order chi connectivity index (χ1) is 11.5. The van der Waals surface area contributed by atoms with Gasteiger partial charge in [0.2, 0.25) is 5.91 Å². The molecule has 0 aliphatic carbocycles. The summed E-state index contributed by atoms with van der Waals surface area (Å²) in [6.07, 6.45) is 0.284. The number of carbonyl (C=O) groups excluding carboxylic acids is 1. The van der Waals surface area contributed by atoms with Gasteiger partial charge < -0.3 is 15.4 Å². The van der Waals surface area contributed by atoms with Crippen LogP contribution in [0, 0.1) is 11.6 Å². The molecule has 1 amide bonds. The van der Waals surface area contributed by atoms with E-state index in [1.807, 2.05) is 0 Å². The van der Waals surface area contributed by atoms with Crippen LogP contribution in [0.15, 0.2) is 42.5 Å². The minimum atomic E-state index is -0.472. The number of halogens is 2. The van der Waals surface area contributed by atoms with Crippen molar-refractivity contribution >= 4 is 11.6 Å². The fourth-order valence-electron chi connectivity index (χ4n) is 2.21. The second kappa shape index (κ2) is 8.29. The molecule has 0 saturated heterocycles. The summed E-state index contributed by atoms with van der Waals surface area (Å²) in [7, 11) is 1.57. The summed E-state index contributed by atoms with van der Waals surface area (Å²) < 4.78 is 32.5. The average molecular weight is 334 g/mol. The number of hydrogen-bond acceptors (Lipinski definition) is 3. The van der Waals surface area contributed by atoms with Crippen molar-refractivity contribution in [3.8, 4) is 5.75 Å². The molecule has 4 nitrogen and oxygen atoms in total. The Balaban J connectivity index is 1.93. The van der Waals surface area contributed by atoms with Gasteiger partial charge in [0.25, 0.3) is 0 Å². The van der Waals surface area contributed by atoms with E-state index in [4.69, 9.17) is 4.74 Å². The number of anilines is 1. The molecule has 0 bridgehead atoms. The van der Waals surface area contributed by atoms with Gasteiger partial charge in [0.05, 0.1) is 19.1 Å². The molecular formula is C18H20F2N2O2.